The maximum atomic E-state index is 14.3. The van der Waals surface area contributed by atoms with E-state index in [-0.39, 0.29) is 5.52 Å². The molecule has 0 amide bonds. The van der Waals surface area contributed by atoms with Crippen LogP contribution in [0, 0.1) is 0 Å². The van der Waals surface area contributed by atoms with Gasteiger partial charge in [-0.1, -0.05) is 0 Å². The number of hydrogen-bond donors (Lipinski definition) is 0. The van der Waals surface area contributed by atoms with Crippen LogP contribution < -0.4 is 10.6 Å². The molecule has 0 unspecified atom stereocenters. The molecule has 1 saturated heterocycles. The van der Waals surface area contributed by atoms with E-state index in [4.69, 9.17) is 27.2 Å². The van der Waals surface area contributed by atoms with Gasteiger partial charge in [-0.3, -0.25) is 0 Å². The Morgan fingerprint density at radius 1 is 0.793 bits per heavy atom. The molecule has 0 atom stereocenters. The first-order chi connectivity index (χ1) is 14.1. The summed E-state index contributed by atoms with van der Waals surface area (Å²) in [5, 5.41) is 4.12. The van der Waals surface area contributed by atoms with Gasteiger partial charge in [-0.25, -0.2) is 0 Å². The maximum absolute atomic E-state index is 14.3. The third-order valence-corrected chi connectivity index (χ3v) is 13.5. The Kier molecular flexibility index (Phi) is 4.51. The molecule has 29 heavy (non-hydrogen) atoms. The normalized spacial score (nSPS) is 17.9. The quantitative estimate of drug-likeness (QED) is 0.188. The number of hydrogen-bond acceptors (Lipinski definition) is 3. The number of rotatable bonds is 4. The van der Waals surface area contributed by atoms with Crippen LogP contribution in [0.25, 0.3) is 10.8 Å². The summed E-state index contributed by atoms with van der Waals surface area (Å²) >= 11 is 14.6. The summed E-state index contributed by atoms with van der Waals surface area (Å²) in [6.45, 7) is 0. The topological polar surface area (TPSA) is 29.6 Å². The summed E-state index contributed by atoms with van der Waals surface area (Å²) < 4.78 is 6.17. The first-order valence-corrected chi connectivity index (χ1v) is 13.3. The van der Waals surface area contributed by atoms with Crippen LogP contribution in [0.4, 0.5) is 0 Å². The van der Waals surface area contributed by atoms with Crippen LogP contribution in [-0.2, 0) is 3.97 Å². The summed E-state index contributed by atoms with van der Waals surface area (Å²) in [4.78, 5) is 14.3. The van der Waals surface area contributed by atoms with E-state index >= 15 is 0 Å². The number of halogens is 2. The predicted molar refractivity (Wildman–Crippen MR) is 126 cm³/mol. The molecule has 144 valence electrons. The van der Waals surface area contributed by atoms with E-state index in [1.165, 1.54) is 11.7 Å². The SMILES string of the molecule is O=C(c1c(Cl)cc2ccccc2c1Cl)P1(c2ccccc2)(c2ccccc2)OS1. The van der Waals surface area contributed by atoms with Crippen LogP contribution in [0.5, 0.6) is 0 Å². The molecule has 0 bridgehead atoms. The fourth-order valence-electron chi connectivity index (χ4n) is 3.74. The van der Waals surface area contributed by atoms with Gasteiger partial charge in [0.05, 0.1) is 0 Å². The molecule has 6 heteroatoms. The van der Waals surface area contributed by atoms with Crippen molar-refractivity contribution in [1.29, 1.82) is 0 Å². The summed E-state index contributed by atoms with van der Waals surface area (Å²) in [6, 6.07) is 25.1. The molecular formula is C23H15Cl2O2PS. The molecule has 4 aromatic carbocycles. The van der Waals surface area contributed by atoms with Gasteiger partial charge in [0.15, 0.2) is 0 Å². The third-order valence-electron chi connectivity index (χ3n) is 5.27. The summed E-state index contributed by atoms with van der Waals surface area (Å²) in [6.07, 6.45) is 0. The minimum absolute atomic E-state index is 0.154. The zero-order valence-electron chi connectivity index (χ0n) is 15.1. The molecule has 0 aromatic heterocycles. The van der Waals surface area contributed by atoms with E-state index in [2.05, 4.69) is 0 Å². The first-order valence-electron chi connectivity index (χ1n) is 9.01. The molecule has 4 aromatic rings. The number of carbonyl (C=O) groups is 1. The van der Waals surface area contributed by atoms with Crippen LogP contribution in [0.1, 0.15) is 10.4 Å². The number of benzene rings is 4. The molecule has 1 heterocycles. The van der Waals surface area contributed by atoms with Gasteiger partial charge >= 0.3 is 183 Å². The Morgan fingerprint density at radius 3 is 1.86 bits per heavy atom. The number of carbonyl (C=O) groups excluding carboxylic acids is 1. The van der Waals surface area contributed by atoms with E-state index < -0.39 is 6.03 Å². The molecule has 1 aliphatic heterocycles. The van der Waals surface area contributed by atoms with Crippen molar-refractivity contribution in [3.63, 3.8) is 0 Å². The van der Waals surface area contributed by atoms with Gasteiger partial charge in [0.1, 0.15) is 0 Å². The van der Waals surface area contributed by atoms with Crippen molar-refractivity contribution < 1.29 is 8.76 Å². The monoisotopic (exact) mass is 456 g/mol. The van der Waals surface area contributed by atoms with Gasteiger partial charge < -0.3 is 0 Å². The average molecular weight is 457 g/mol. The van der Waals surface area contributed by atoms with E-state index in [0.29, 0.717) is 15.6 Å². The molecule has 1 aliphatic rings. The predicted octanol–water partition coefficient (Wildman–Crippen LogP) is 7.00. The van der Waals surface area contributed by atoms with Gasteiger partial charge in [0.2, 0.25) is 0 Å². The molecule has 1 fully saturated rings. The van der Waals surface area contributed by atoms with E-state index in [1.54, 1.807) is 6.07 Å². The Labute approximate surface area is 182 Å². The zero-order valence-corrected chi connectivity index (χ0v) is 18.3. The van der Waals surface area contributed by atoms with Crippen LogP contribution in [0.2, 0.25) is 10.0 Å². The summed E-state index contributed by atoms with van der Waals surface area (Å²) in [5.74, 6) is 0. The second kappa shape index (κ2) is 6.84. The van der Waals surface area contributed by atoms with Crippen LogP contribution in [-0.4, -0.2) is 5.52 Å². The fourth-order valence-corrected chi connectivity index (χ4v) is 11.6. The van der Waals surface area contributed by atoms with Crippen molar-refractivity contribution in [3.8, 4) is 0 Å². The molecule has 0 spiro atoms. The van der Waals surface area contributed by atoms with E-state index in [0.717, 1.165) is 21.4 Å². The third kappa shape index (κ3) is 2.63. The van der Waals surface area contributed by atoms with Crippen molar-refractivity contribution in [2.24, 2.45) is 0 Å². The van der Waals surface area contributed by atoms with Crippen molar-refractivity contribution in [2.75, 3.05) is 0 Å². The summed E-state index contributed by atoms with van der Waals surface area (Å²) in [7, 11) is 0. The van der Waals surface area contributed by atoms with Gasteiger partial charge in [-0.2, -0.15) is 0 Å². The zero-order chi connectivity index (χ0) is 20.1. The first kappa shape index (κ1) is 19.1. The molecule has 2 nitrogen and oxygen atoms in total. The second-order valence-electron chi connectivity index (χ2n) is 6.85. The Balaban J connectivity index is 1.83. The molecule has 0 saturated carbocycles. The fraction of sp³-hybridized carbons (Fsp3) is 0. The standard InChI is InChI=1S/C23H15Cl2O2PS/c24-20-15-16-9-7-8-14-19(16)22(25)21(20)23(26)28(27-29-28,17-10-3-1-4-11-17)18-12-5-2-6-13-18/h1-15H. The van der Waals surface area contributed by atoms with Gasteiger partial charge in [0, 0.05) is 0 Å². The molecule has 0 aliphatic carbocycles. The minimum atomic E-state index is -3.65. The van der Waals surface area contributed by atoms with Crippen LogP contribution in [0.3, 0.4) is 0 Å². The average Bonchev–Trinajstić information content (AvgIpc) is 3.54. The molecule has 0 N–H and O–H groups in total. The van der Waals surface area contributed by atoms with E-state index in [9.17, 15) is 4.79 Å². The molecule has 0 radical (unpaired) electrons. The van der Waals surface area contributed by atoms with Gasteiger partial charge in [0.25, 0.3) is 0 Å². The van der Waals surface area contributed by atoms with Crippen LogP contribution >= 0.6 is 40.9 Å². The van der Waals surface area contributed by atoms with Gasteiger partial charge in [-0.05, 0) is 0 Å². The molecule has 5 rings (SSSR count). The molecular weight excluding hydrogens is 442 g/mol. The van der Waals surface area contributed by atoms with Crippen molar-refractivity contribution >= 4 is 67.8 Å². The van der Waals surface area contributed by atoms with Crippen molar-refractivity contribution in [2.45, 2.75) is 0 Å². The Bertz CT molecular complexity index is 1210. The van der Waals surface area contributed by atoms with E-state index in [1.807, 2.05) is 84.9 Å². The second-order valence-corrected chi connectivity index (χ2v) is 14.3. The summed E-state index contributed by atoms with van der Waals surface area (Å²) in [5.41, 5.74) is 0.168. The van der Waals surface area contributed by atoms with Crippen LogP contribution in [0.15, 0.2) is 91.0 Å². The van der Waals surface area contributed by atoms with Crippen molar-refractivity contribution in [3.05, 3.63) is 107 Å². The number of fused-ring (bicyclic) bond motifs is 1. The van der Waals surface area contributed by atoms with Crippen molar-refractivity contribution in [1.82, 2.24) is 0 Å². The Hall–Kier alpha value is -1.87. The Morgan fingerprint density at radius 2 is 1.31 bits per heavy atom. The van der Waals surface area contributed by atoms with Gasteiger partial charge in [-0.15, -0.1) is 0 Å².